The number of H-pyrrole nitrogens is 1. The molecule has 2 aliphatic rings. The fourth-order valence-corrected chi connectivity index (χ4v) is 4.40. The van der Waals surface area contributed by atoms with Gasteiger partial charge in [-0.25, -0.2) is 4.98 Å². The van der Waals surface area contributed by atoms with Gasteiger partial charge in [0, 0.05) is 32.5 Å². The molecule has 3 aromatic rings. The lowest BCUT2D eigenvalue weighted by Gasteiger charge is -2.23. The standard InChI is InChI=1S/C21H26N6O/c28-20(9-8-15-13-16-14-22-10-4-12-27(16)25-15)26-11-3-7-19(26)21-23-17-5-1-2-6-18(17)24-21/h1-2,5-6,13,19,22H,3-4,7-12,14H2,(H,23,24)/t19-/m0/s1. The van der Waals surface area contributed by atoms with Crippen LogP contribution in [0.15, 0.2) is 30.3 Å². The molecule has 146 valence electrons. The lowest BCUT2D eigenvalue weighted by molar-refractivity contribution is -0.132. The normalized spacial score (nSPS) is 19.7. The molecular formula is C21H26N6O. The van der Waals surface area contributed by atoms with Crippen molar-refractivity contribution < 1.29 is 4.79 Å². The van der Waals surface area contributed by atoms with Crippen LogP contribution in [0.3, 0.4) is 0 Å². The summed E-state index contributed by atoms with van der Waals surface area (Å²) in [6, 6.07) is 10.2. The first kappa shape index (κ1) is 17.4. The maximum Gasteiger partial charge on any atom is 0.223 e. The molecule has 2 N–H and O–H groups in total. The van der Waals surface area contributed by atoms with E-state index in [0.29, 0.717) is 12.8 Å². The smallest absolute Gasteiger partial charge is 0.223 e. The molecule has 1 aromatic carbocycles. The van der Waals surface area contributed by atoms with Crippen LogP contribution in [0.1, 0.15) is 48.9 Å². The Bertz CT molecular complexity index is 933. The predicted octanol–water partition coefficient (Wildman–Crippen LogP) is 2.55. The number of likely N-dealkylation sites (tertiary alicyclic amines) is 1. The molecule has 1 atom stereocenters. The van der Waals surface area contributed by atoms with Crippen molar-refractivity contribution in [3.05, 3.63) is 47.5 Å². The third kappa shape index (κ3) is 3.30. The van der Waals surface area contributed by atoms with E-state index in [4.69, 9.17) is 10.1 Å². The number of carbonyl (C=O) groups is 1. The molecule has 1 saturated heterocycles. The van der Waals surface area contributed by atoms with Gasteiger partial charge in [0.05, 0.1) is 28.5 Å². The van der Waals surface area contributed by atoms with Crippen LogP contribution in [0, 0.1) is 0 Å². The maximum atomic E-state index is 13.0. The Morgan fingerprint density at radius 1 is 1.21 bits per heavy atom. The van der Waals surface area contributed by atoms with Crippen molar-refractivity contribution in [1.29, 1.82) is 0 Å². The zero-order valence-electron chi connectivity index (χ0n) is 16.0. The Balaban J connectivity index is 1.27. The third-order valence-corrected chi connectivity index (χ3v) is 5.83. The van der Waals surface area contributed by atoms with Crippen LogP contribution in [0.4, 0.5) is 0 Å². The van der Waals surface area contributed by atoms with Gasteiger partial charge in [-0.15, -0.1) is 0 Å². The molecule has 0 unspecified atom stereocenters. The predicted molar refractivity (Wildman–Crippen MR) is 107 cm³/mol. The lowest BCUT2D eigenvalue weighted by Crippen LogP contribution is -2.31. The Hall–Kier alpha value is -2.67. The number of aromatic nitrogens is 4. The van der Waals surface area contributed by atoms with Crippen molar-refractivity contribution in [3.63, 3.8) is 0 Å². The van der Waals surface area contributed by atoms with Crippen LogP contribution in [-0.4, -0.2) is 43.6 Å². The summed E-state index contributed by atoms with van der Waals surface area (Å²) in [5, 5.41) is 8.12. The Kier molecular flexibility index (Phi) is 4.60. The van der Waals surface area contributed by atoms with Gasteiger partial charge in [0.1, 0.15) is 5.82 Å². The highest BCUT2D eigenvalue weighted by molar-refractivity contribution is 5.78. The summed E-state index contributed by atoms with van der Waals surface area (Å²) in [4.78, 5) is 23.1. The summed E-state index contributed by atoms with van der Waals surface area (Å²) in [5.74, 6) is 1.11. The molecule has 28 heavy (non-hydrogen) atoms. The summed E-state index contributed by atoms with van der Waals surface area (Å²) in [6.07, 6.45) is 4.29. The fraction of sp³-hybridized carbons (Fsp3) is 0.476. The number of hydrogen-bond donors (Lipinski definition) is 2. The van der Waals surface area contributed by atoms with Crippen molar-refractivity contribution in [2.75, 3.05) is 13.1 Å². The van der Waals surface area contributed by atoms with E-state index in [9.17, 15) is 4.79 Å². The molecule has 0 bridgehead atoms. The number of fused-ring (bicyclic) bond motifs is 2. The first-order valence-electron chi connectivity index (χ1n) is 10.3. The van der Waals surface area contributed by atoms with E-state index in [1.165, 1.54) is 5.69 Å². The molecule has 0 saturated carbocycles. The van der Waals surface area contributed by atoms with Gasteiger partial charge >= 0.3 is 0 Å². The van der Waals surface area contributed by atoms with Crippen molar-refractivity contribution in [1.82, 2.24) is 30.0 Å². The van der Waals surface area contributed by atoms with Crippen molar-refractivity contribution in [3.8, 4) is 0 Å². The number of imidazole rings is 1. The zero-order valence-corrected chi connectivity index (χ0v) is 16.0. The average molecular weight is 378 g/mol. The van der Waals surface area contributed by atoms with Gasteiger partial charge in [-0.05, 0) is 44.0 Å². The monoisotopic (exact) mass is 378 g/mol. The van der Waals surface area contributed by atoms with Crippen LogP contribution >= 0.6 is 0 Å². The number of para-hydroxylation sites is 2. The van der Waals surface area contributed by atoms with E-state index >= 15 is 0 Å². The van der Waals surface area contributed by atoms with Crippen LogP contribution in [0.25, 0.3) is 11.0 Å². The Morgan fingerprint density at radius 2 is 2.14 bits per heavy atom. The van der Waals surface area contributed by atoms with E-state index in [1.54, 1.807) is 0 Å². The van der Waals surface area contributed by atoms with E-state index in [1.807, 2.05) is 29.2 Å². The molecule has 0 radical (unpaired) electrons. The molecule has 1 fully saturated rings. The molecule has 7 nitrogen and oxygen atoms in total. The van der Waals surface area contributed by atoms with Gasteiger partial charge in [0.2, 0.25) is 5.91 Å². The quantitative estimate of drug-likeness (QED) is 0.731. The molecule has 1 amide bonds. The minimum Gasteiger partial charge on any atom is -0.340 e. The molecule has 0 spiro atoms. The number of carbonyl (C=O) groups excluding carboxylic acids is 1. The van der Waals surface area contributed by atoms with E-state index < -0.39 is 0 Å². The molecule has 4 heterocycles. The largest absolute Gasteiger partial charge is 0.340 e. The van der Waals surface area contributed by atoms with E-state index in [0.717, 1.165) is 68.0 Å². The van der Waals surface area contributed by atoms with E-state index in [-0.39, 0.29) is 11.9 Å². The van der Waals surface area contributed by atoms with Gasteiger partial charge in [-0.2, -0.15) is 5.10 Å². The summed E-state index contributed by atoms with van der Waals surface area (Å²) in [7, 11) is 0. The lowest BCUT2D eigenvalue weighted by atomic mass is 10.1. The molecule has 0 aliphatic carbocycles. The fourth-order valence-electron chi connectivity index (χ4n) is 4.40. The van der Waals surface area contributed by atoms with Gasteiger partial charge in [-0.3, -0.25) is 9.48 Å². The minimum atomic E-state index is 0.0582. The summed E-state index contributed by atoms with van der Waals surface area (Å²) in [5.41, 5.74) is 4.24. The van der Waals surface area contributed by atoms with Gasteiger partial charge < -0.3 is 15.2 Å². The first-order chi connectivity index (χ1) is 13.8. The number of amides is 1. The summed E-state index contributed by atoms with van der Waals surface area (Å²) in [6.45, 7) is 3.66. The summed E-state index contributed by atoms with van der Waals surface area (Å²) >= 11 is 0. The minimum absolute atomic E-state index is 0.0582. The van der Waals surface area contributed by atoms with Crippen LogP contribution in [-0.2, 0) is 24.3 Å². The van der Waals surface area contributed by atoms with Gasteiger partial charge in [-0.1, -0.05) is 12.1 Å². The second-order valence-corrected chi connectivity index (χ2v) is 7.76. The number of benzene rings is 1. The number of hydrogen-bond acceptors (Lipinski definition) is 4. The number of nitrogens with zero attached hydrogens (tertiary/aromatic N) is 4. The second kappa shape index (κ2) is 7.39. The molecule has 2 aromatic heterocycles. The Labute approximate surface area is 164 Å². The molecule has 5 rings (SSSR count). The van der Waals surface area contributed by atoms with Crippen molar-refractivity contribution >= 4 is 16.9 Å². The number of rotatable bonds is 4. The highest BCUT2D eigenvalue weighted by atomic mass is 16.2. The topological polar surface area (TPSA) is 78.8 Å². The number of aryl methyl sites for hydroxylation is 2. The first-order valence-corrected chi connectivity index (χ1v) is 10.3. The molecule has 2 aliphatic heterocycles. The van der Waals surface area contributed by atoms with Crippen molar-refractivity contribution in [2.24, 2.45) is 0 Å². The van der Waals surface area contributed by atoms with Crippen LogP contribution < -0.4 is 5.32 Å². The molecular weight excluding hydrogens is 352 g/mol. The van der Waals surface area contributed by atoms with Crippen LogP contribution in [0.5, 0.6) is 0 Å². The van der Waals surface area contributed by atoms with Gasteiger partial charge in [0.25, 0.3) is 0 Å². The highest BCUT2D eigenvalue weighted by Crippen LogP contribution is 2.32. The van der Waals surface area contributed by atoms with E-state index in [2.05, 4.69) is 21.0 Å². The zero-order chi connectivity index (χ0) is 18.9. The highest BCUT2D eigenvalue weighted by Gasteiger charge is 2.31. The number of aromatic amines is 1. The summed E-state index contributed by atoms with van der Waals surface area (Å²) < 4.78 is 2.09. The maximum absolute atomic E-state index is 13.0. The third-order valence-electron chi connectivity index (χ3n) is 5.83. The average Bonchev–Trinajstić information content (AvgIpc) is 3.41. The van der Waals surface area contributed by atoms with Gasteiger partial charge in [0.15, 0.2) is 0 Å². The number of nitrogens with one attached hydrogen (secondary N) is 2. The second-order valence-electron chi connectivity index (χ2n) is 7.76. The SMILES string of the molecule is O=C(CCc1cc2n(n1)CCCNC2)N1CCC[C@H]1c1nc2ccccc2[nH]1. The van der Waals surface area contributed by atoms with Crippen LogP contribution in [0.2, 0.25) is 0 Å². The molecule has 7 heteroatoms. The Morgan fingerprint density at radius 3 is 3.07 bits per heavy atom. The van der Waals surface area contributed by atoms with Crippen molar-refractivity contribution in [2.45, 2.75) is 51.2 Å².